The molecule has 0 radical (unpaired) electrons. The van der Waals surface area contributed by atoms with Gasteiger partial charge in [-0.3, -0.25) is 4.79 Å². The summed E-state index contributed by atoms with van der Waals surface area (Å²) in [4.78, 5) is 11.7. The molecule has 88 valence electrons. The van der Waals surface area contributed by atoms with Crippen molar-refractivity contribution in [2.75, 3.05) is 5.32 Å². The highest BCUT2D eigenvalue weighted by molar-refractivity contribution is 5.95. The van der Waals surface area contributed by atoms with Crippen molar-refractivity contribution in [1.82, 2.24) is 0 Å². The van der Waals surface area contributed by atoms with Crippen LogP contribution in [0.15, 0.2) is 18.2 Å². The van der Waals surface area contributed by atoms with Gasteiger partial charge in [0.2, 0.25) is 5.91 Å². The maximum Gasteiger partial charge on any atom is 0.241 e. The van der Waals surface area contributed by atoms with Gasteiger partial charge >= 0.3 is 0 Å². The zero-order chi connectivity index (χ0) is 12.1. The molecule has 16 heavy (non-hydrogen) atoms. The predicted octanol–water partition coefficient (Wildman–Crippen LogP) is 2.37. The van der Waals surface area contributed by atoms with Gasteiger partial charge in [-0.15, -0.1) is 0 Å². The van der Waals surface area contributed by atoms with Gasteiger partial charge in [-0.25, -0.2) is 0 Å². The number of rotatable bonds is 4. The van der Waals surface area contributed by atoms with Crippen LogP contribution in [0.1, 0.15) is 30.9 Å². The Morgan fingerprint density at radius 3 is 2.69 bits per heavy atom. The third kappa shape index (κ3) is 3.35. The van der Waals surface area contributed by atoms with E-state index in [0.29, 0.717) is 0 Å². The van der Waals surface area contributed by atoms with E-state index in [-0.39, 0.29) is 5.91 Å². The minimum absolute atomic E-state index is 0.103. The first-order valence-electron chi connectivity index (χ1n) is 5.68. The highest BCUT2D eigenvalue weighted by Crippen LogP contribution is 2.16. The molecule has 3 N–H and O–H groups in total. The van der Waals surface area contributed by atoms with E-state index in [4.69, 9.17) is 5.73 Å². The number of hydrogen-bond acceptors (Lipinski definition) is 2. The molecule has 0 aliphatic rings. The molecule has 0 spiro atoms. The maximum absolute atomic E-state index is 11.7. The van der Waals surface area contributed by atoms with Crippen molar-refractivity contribution in [2.45, 2.75) is 39.7 Å². The highest BCUT2D eigenvalue weighted by Gasteiger charge is 2.12. The first-order chi connectivity index (χ1) is 7.54. The van der Waals surface area contributed by atoms with Crippen LogP contribution < -0.4 is 11.1 Å². The molecule has 1 aromatic carbocycles. The number of nitrogens with one attached hydrogen (secondary N) is 1. The van der Waals surface area contributed by atoms with Gasteiger partial charge in [-0.2, -0.15) is 0 Å². The van der Waals surface area contributed by atoms with Crippen molar-refractivity contribution in [3.05, 3.63) is 29.3 Å². The fourth-order valence-electron chi connectivity index (χ4n) is 1.62. The number of anilines is 1. The lowest BCUT2D eigenvalue weighted by Gasteiger charge is -2.13. The molecular formula is C13H20N2O. The number of carbonyl (C=O) groups is 1. The maximum atomic E-state index is 11.7. The van der Waals surface area contributed by atoms with Crippen molar-refractivity contribution >= 4 is 11.6 Å². The largest absolute Gasteiger partial charge is 0.324 e. The predicted molar refractivity (Wildman–Crippen MR) is 67.4 cm³/mol. The van der Waals surface area contributed by atoms with Crippen LogP contribution in [0, 0.1) is 13.8 Å². The topological polar surface area (TPSA) is 55.1 Å². The molecular weight excluding hydrogens is 200 g/mol. The summed E-state index contributed by atoms with van der Waals surface area (Å²) in [6.07, 6.45) is 1.64. The molecule has 1 atom stereocenters. The van der Waals surface area contributed by atoms with E-state index in [9.17, 15) is 4.79 Å². The Balaban J connectivity index is 2.69. The van der Waals surface area contributed by atoms with Crippen LogP contribution in [-0.4, -0.2) is 11.9 Å². The number of hydrogen-bond donors (Lipinski definition) is 2. The summed E-state index contributed by atoms with van der Waals surface area (Å²) in [5, 5.41) is 2.86. The average Bonchev–Trinajstić information content (AvgIpc) is 2.22. The van der Waals surface area contributed by atoms with E-state index >= 15 is 0 Å². The molecule has 0 saturated carbocycles. The van der Waals surface area contributed by atoms with E-state index in [1.807, 2.05) is 39.0 Å². The van der Waals surface area contributed by atoms with Crippen LogP contribution in [0.4, 0.5) is 5.69 Å². The second kappa shape index (κ2) is 5.66. The van der Waals surface area contributed by atoms with E-state index in [1.54, 1.807) is 0 Å². The molecule has 3 heteroatoms. The number of aryl methyl sites for hydroxylation is 2. The van der Waals surface area contributed by atoms with Crippen molar-refractivity contribution in [1.29, 1.82) is 0 Å². The molecule has 3 nitrogen and oxygen atoms in total. The quantitative estimate of drug-likeness (QED) is 0.818. The van der Waals surface area contributed by atoms with Crippen molar-refractivity contribution in [3.63, 3.8) is 0 Å². The molecule has 1 aromatic rings. The molecule has 0 unspecified atom stereocenters. The molecule has 0 fully saturated rings. The third-order valence-electron chi connectivity index (χ3n) is 2.58. The Bertz CT molecular complexity index is 374. The van der Waals surface area contributed by atoms with Crippen LogP contribution >= 0.6 is 0 Å². The van der Waals surface area contributed by atoms with Gasteiger partial charge in [0.25, 0.3) is 0 Å². The Kier molecular flexibility index (Phi) is 4.50. The summed E-state index contributed by atoms with van der Waals surface area (Å²) in [6.45, 7) is 6.03. The summed E-state index contributed by atoms with van der Waals surface area (Å²) >= 11 is 0. The Hall–Kier alpha value is -1.35. The lowest BCUT2D eigenvalue weighted by molar-refractivity contribution is -0.117. The van der Waals surface area contributed by atoms with E-state index in [2.05, 4.69) is 5.32 Å². The number of carbonyl (C=O) groups excluding carboxylic acids is 1. The van der Waals surface area contributed by atoms with Gasteiger partial charge in [0.1, 0.15) is 0 Å². The van der Waals surface area contributed by atoms with Gasteiger partial charge in [0, 0.05) is 5.69 Å². The Morgan fingerprint density at radius 2 is 2.12 bits per heavy atom. The average molecular weight is 220 g/mol. The zero-order valence-corrected chi connectivity index (χ0v) is 10.2. The van der Waals surface area contributed by atoms with Gasteiger partial charge in [0.15, 0.2) is 0 Å². The third-order valence-corrected chi connectivity index (χ3v) is 2.58. The van der Waals surface area contributed by atoms with E-state index < -0.39 is 6.04 Å². The van der Waals surface area contributed by atoms with Gasteiger partial charge < -0.3 is 11.1 Å². The highest BCUT2D eigenvalue weighted by atomic mass is 16.2. The molecule has 1 rings (SSSR count). The summed E-state index contributed by atoms with van der Waals surface area (Å²) in [5.41, 5.74) is 8.85. The van der Waals surface area contributed by atoms with Crippen molar-refractivity contribution in [3.8, 4) is 0 Å². The zero-order valence-electron chi connectivity index (χ0n) is 10.2. The lowest BCUT2D eigenvalue weighted by atomic mass is 10.1. The Morgan fingerprint density at radius 1 is 1.44 bits per heavy atom. The van der Waals surface area contributed by atoms with Crippen LogP contribution in [-0.2, 0) is 4.79 Å². The standard InChI is InChI=1S/C13H20N2O/c1-4-5-11(14)13(16)15-12-7-6-9(2)8-10(12)3/h6-8,11H,4-5,14H2,1-3H3,(H,15,16)/t11-/m1/s1. The fourth-order valence-corrected chi connectivity index (χ4v) is 1.62. The summed E-state index contributed by atoms with van der Waals surface area (Å²) < 4.78 is 0. The van der Waals surface area contributed by atoms with Crippen molar-refractivity contribution in [2.24, 2.45) is 5.73 Å². The van der Waals surface area contributed by atoms with Crippen LogP contribution in [0.25, 0.3) is 0 Å². The SMILES string of the molecule is CCC[C@@H](N)C(=O)Nc1ccc(C)cc1C. The van der Waals surface area contributed by atoms with Crippen LogP contribution in [0.3, 0.4) is 0 Å². The van der Waals surface area contributed by atoms with Crippen molar-refractivity contribution < 1.29 is 4.79 Å². The number of benzene rings is 1. The van der Waals surface area contributed by atoms with E-state index in [0.717, 1.165) is 24.1 Å². The van der Waals surface area contributed by atoms with E-state index in [1.165, 1.54) is 5.56 Å². The van der Waals surface area contributed by atoms with Gasteiger partial charge in [0.05, 0.1) is 6.04 Å². The molecule has 0 aliphatic heterocycles. The first kappa shape index (κ1) is 12.7. The molecule has 0 aliphatic carbocycles. The van der Waals surface area contributed by atoms with Gasteiger partial charge in [-0.1, -0.05) is 31.0 Å². The van der Waals surface area contributed by atoms with Crippen LogP contribution in [0.2, 0.25) is 0 Å². The molecule has 0 bridgehead atoms. The van der Waals surface area contributed by atoms with Crippen LogP contribution in [0.5, 0.6) is 0 Å². The minimum Gasteiger partial charge on any atom is -0.324 e. The first-order valence-corrected chi connectivity index (χ1v) is 5.68. The monoisotopic (exact) mass is 220 g/mol. The number of amides is 1. The lowest BCUT2D eigenvalue weighted by Crippen LogP contribution is -2.35. The second-order valence-electron chi connectivity index (χ2n) is 4.20. The molecule has 1 amide bonds. The summed E-state index contributed by atoms with van der Waals surface area (Å²) in [7, 11) is 0. The normalized spacial score (nSPS) is 12.2. The summed E-state index contributed by atoms with van der Waals surface area (Å²) in [5.74, 6) is -0.103. The second-order valence-corrected chi connectivity index (χ2v) is 4.20. The smallest absolute Gasteiger partial charge is 0.241 e. The fraction of sp³-hybridized carbons (Fsp3) is 0.462. The number of nitrogens with two attached hydrogens (primary N) is 1. The molecule has 0 heterocycles. The summed E-state index contributed by atoms with van der Waals surface area (Å²) in [6, 6.07) is 5.53. The minimum atomic E-state index is -0.411. The molecule has 0 aromatic heterocycles. The molecule has 0 saturated heterocycles. The Labute approximate surface area is 97.0 Å². The van der Waals surface area contributed by atoms with Gasteiger partial charge in [-0.05, 0) is 31.9 Å².